The van der Waals surface area contributed by atoms with Gasteiger partial charge in [-0.3, -0.25) is 4.90 Å². The Balaban J connectivity index is 1.57. The van der Waals surface area contributed by atoms with Gasteiger partial charge in [0.1, 0.15) is 0 Å². The second-order valence-electron chi connectivity index (χ2n) is 7.27. The summed E-state index contributed by atoms with van der Waals surface area (Å²) in [6, 6.07) is 9.46. The zero-order valence-electron chi connectivity index (χ0n) is 13.7. The van der Waals surface area contributed by atoms with Gasteiger partial charge in [0, 0.05) is 44.3 Å². The van der Waals surface area contributed by atoms with Crippen LogP contribution >= 0.6 is 0 Å². The molecule has 2 aliphatic rings. The molecule has 3 heteroatoms. The Labute approximate surface area is 129 Å². The summed E-state index contributed by atoms with van der Waals surface area (Å²) in [5.41, 5.74) is 3.29. The number of piperazine rings is 1. The fourth-order valence-electron chi connectivity index (χ4n) is 3.67. The Morgan fingerprint density at radius 1 is 1.14 bits per heavy atom. The maximum absolute atomic E-state index is 3.83. The van der Waals surface area contributed by atoms with Crippen molar-refractivity contribution < 1.29 is 0 Å². The van der Waals surface area contributed by atoms with Gasteiger partial charge in [-0.05, 0) is 44.9 Å². The fourth-order valence-corrected chi connectivity index (χ4v) is 3.67. The SMILES string of the molecule is CN1CCN(C(C)(C)CNC2CCc3ccccc32)CC1. The second kappa shape index (κ2) is 6.07. The lowest BCUT2D eigenvalue weighted by Crippen LogP contribution is -2.57. The van der Waals surface area contributed by atoms with Gasteiger partial charge < -0.3 is 10.2 Å². The third-order valence-corrected chi connectivity index (χ3v) is 5.27. The number of rotatable bonds is 4. The lowest BCUT2D eigenvalue weighted by molar-refractivity contribution is 0.0601. The molecule has 1 N–H and O–H groups in total. The molecule has 0 radical (unpaired) electrons. The highest BCUT2D eigenvalue weighted by molar-refractivity contribution is 5.34. The van der Waals surface area contributed by atoms with Crippen molar-refractivity contribution in [1.29, 1.82) is 0 Å². The molecule has 3 rings (SSSR count). The Bertz CT molecular complexity index is 475. The first kappa shape index (κ1) is 15.0. The number of hydrogen-bond acceptors (Lipinski definition) is 3. The van der Waals surface area contributed by atoms with Gasteiger partial charge in [0.2, 0.25) is 0 Å². The van der Waals surface area contributed by atoms with Crippen LogP contribution < -0.4 is 5.32 Å². The van der Waals surface area contributed by atoms with E-state index >= 15 is 0 Å². The van der Waals surface area contributed by atoms with Gasteiger partial charge in [0.15, 0.2) is 0 Å². The average Bonchev–Trinajstić information content (AvgIpc) is 2.89. The van der Waals surface area contributed by atoms with Crippen molar-refractivity contribution in [2.45, 2.75) is 38.3 Å². The molecule has 1 fully saturated rings. The normalized spacial score (nSPS) is 24.2. The maximum atomic E-state index is 3.83. The quantitative estimate of drug-likeness (QED) is 0.916. The van der Waals surface area contributed by atoms with E-state index in [-0.39, 0.29) is 5.54 Å². The third kappa shape index (κ3) is 3.31. The van der Waals surface area contributed by atoms with E-state index in [2.05, 4.69) is 60.3 Å². The van der Waals surface area contributed by atoms with Crippen LogP contribution in [0.3, 0.4) is 0 Å². The predicted octanol–water partition coefficient (Wildman–Crippen LogP) is 2.29. The lowest BCUT2D eigenvalue weighted by atomic mass is 10.00. The highest BCUT2D eigenvalue weighted by Crippen LogP contribution is 2.31. The summed E-state index contributed by atoms with van der Waals surface area (Å²) < 4.78 is 0. The molecule has 1 saturated heterocycles. The Hall–Kier alpha value is -0.900. The smallest absolute Gasteiger partial charge is 0.0326 e. The molecule has 0 spiro atoms. The van der Waals surface area contributed by atoms with Crippen molar-refractivity contribution in [3.63, 3.8) is 0 Å². The van der Waals surface area contributed by atoms with Crippen LogP contribution in [0.1, 0.15) is 37.4 Å². The fraction of sp³-hybridized carbons (Fsp3) is 0.667. The molecule has 0 aromatic heterocycles. The zero-order valence-corrected chi connectivity index (χ0v) is 13.7. The molecule has 1 aliphatic carbocycles. The minimum atomic E-state index is 0.235. The van der Waals surface area contributed by atoms with Gasteiger partial charge >= 0.3 is 0 Å². The first-order valence-corrected chi connectivity index (χ1v) is 8.31. The molecule has 1 atom stereocenters. The van der Waals surface area contributed by atoms with Gasteiger partial charge in [-0.2, -0.15) is 0 Å². The molecule has 1 unspecified atom stereocenters. The summed E-state index contributed by atoms with van der Waals surface area (Å²) in [5, 5.41) is 3.83. The molecule has 1 aromatic carbocycles. The van der Waals surface area contributed by atoms with Crippen molar-refractivity contribution in [2.24, 2.45) is 0 Å². The van der Waals surface area contributed by atoms with Gasteiger partial charge in [-0.25, -0.2) is 0 Å². The van der Waals surface area contributed by atoms with Crippen LogP contribution in [-0.2, 0) is 6.42 Å². The van der Waals surface area contributed by atoms with E-state index in [9.17, 15) is 0 Å². The molecule has 1 aromatic rings. The van der Waals surface area contributed by atoms with Gasteiger partial charge in [-0.1, -0.05) is 24.3 Å². The van der Waals surface area contributed by atoms with Gasteiger partial charge in [-0.15, -0.1) is 0 Å². The molecule has 3 nitrogen and oxygen atoms in total. The van der Waals surface area contributed by atoms with Crippen LogP contribution in [0.4, 0.5) is 0 Å². The first-order chi connectivity index (χ1) is 10.1. The van der Waals surface area contributed by atoms with Crippen molar-refractivity contribution in [3.05, 3.63) is 35.4 Å². The van der Waals surface area contributed by atoms with Crippen molar-refractivity contribution >= 4 is 0 Å². The predicted molar refractivity (Wildman–Crippen MR) is 88.7 cm³/mol. The van der Waals surface area contributed by atoms with E-state index in [1.165, 1.54) is 50.1 Å². The summed E-state index contributed by atoms with van der Waals surface area (Å²) >= 11 is 0. The Morgan fingerprint density at radius 3 is 2.62 bits per heavy atom. The van der Waals surface area contributed by atoms with E-state index in [0.717, 1.165) is 6.54 Å². The molecule has 0 bridgehead atoms. The molecule has 116 valence electrons. The van der Waals surface area contributed by atoms with Crippen LogP contribution in [0.5, 0.6) is 0 Å². The van der Waals surface area contributed by atoms with Crippen LogP contribution in [0.25, 0.3) is 0 Å². The van der Waals surface area contributed by atoms with E-state index < -0.39 is 0 Å². The number of benzene rings is 1. The Kier molecular flexibility index (Phi) is 4.34. The highest BCUT2D eigenvalue weighted by atomic mass is 15.3. The largest absolute Gasteiger partial charge is 0.308 e. The molecular weight excluding hydrogens is 258 g/mol. The number of nitrogens with one attached hydrogen (secondary N) is 1. The first-order valence-electron chi connectivity index (χ1n) is 8.31. The number of fused-ring (bicyclic) bond motifs is 1. The molecule has 1 aliphatic heterocycles. The van der Waals surface area contributed by atoms with Crippen molar-refractivity contribution in [2.75, 3.05) is 39.8 Å². The van der Waals surface area contributed by atoms with Crippen LogP contribution in [0, 0.1) is 0 Å². The molecule has 0 amide bonds. The molecular formula is C18H29N3. The van der Waals surface area contributed by atoms with Crippen molar-refractivity contribution in [3.8, 4) is 0 Å². The zero-order chi connectivity index (χ0) is 14.9. The number of aryl methyl sites for hydroxylation is 1. The molecule has 0 saturated carbocycles. The summed E-state index contributed by atoms with van der Waals surface area (Å²) in [6.07, 6.45) is 2.47. The summed E-state index contributed by atoms with van der Waals surface area (Å²) in [4.78, 5) is 5.06. The Morgan fingerprint density at radius 2 is 1.86 bits per heavy atom. The van der Waals surface area contributed by atoms with Crippen LogP contribution in [0.2, 0.25) is 0 Å². The molecule has 1 heterocycles. The summed E-state index contributed by atoms with van der Waals surface area (Å²) in [5.74, 6) is 0. The van der Waals surface area contributed by atoms with Gasteiger partial charge in [0.25, 0.3) is 0 Å². The summed E-state index contributed by atoms with van der Waals surface area (Å²) in [7, 11) is 2.22. The van der Waals surface area contributed by atoms with Gasteiger partial charge in [0.05, 0.1) is 0 Å². The number of likely N-dealkylation sites (N-methyl/N-ethyl adjacent to an activating group) is 1. The van der Waals surface area contributed by atoms with E-state index in [1.54, 1.807) is 0 Å². The number of nitrogens with zero attached hydrogens (tertiary/aromatic N) is 2. The van der Waals surface area contributed by atoms with E-state index in [4.69, 9.17) is 0 Å². The monoisotopic (exact) mass is 287 g/mol. The average molecular weight is 287 g/mol. The summed E-state index contributed by atoms with van der Waals surface area (Å²) in [6.45, 7) is 10.6. The second-order valence-corrected chi connectivity index (χ2v) is 7.27. The van der Waals surface area contributed by atoms with Crippen LogP contribution in [0.15, 0.2) is 24.3 Å². The maximum Gasteiger partial charge on any atom is 0.0326 e. The van der Waals surface area contributed by atoms with Crippen LogP contribution in [-0.4, -0.2) is 55.1 Å². The van der Waals surface area contributed by atoms with E-state index in [0.29, 0.717) is 6.04 Å². The third-order valence-electron chi connectivity index (χ3n) is 5.27. The topological polar surface area (TPSA) is 18.5 Å². The molecule has 21 heavy (non-hydrogen) atoms. The standard InChI is InChI=1S/C18H29N3/c1-18(2,21-12-10-20(3)11-13-21)14-19-17-9-8-15-6-4-5-7-16(15)17/h4-7,17,19H,8-14H2,1-3H3. The van der Waals surface area contributed by atoms with Crippen molar-refractivity contribution in [1.82, 2.24) is 15.1 Å². The van der Waals surface area contributed by atoms with E-state index in [1.807, 2.05) is 0 Å². The minimum absolute atomic E-state index is 0.235. The minimum Gasteiger partial charge on any atom is -0.308 e. The number of hydrogen-bond donors (Lipinski definition) is 1. The lowest BCUT2D eigenvalue weighted by Gasteiger charge is -2.44. The highest BCUT2D eigenvalue weighted by Gasteiger charge is 2.30.